The average molecular weight is 206 g/mol. The molecule has 0 saturated carbocycles. The fraction of sp³-hybridized carbons (Fsp3) is 0.538. The third kappa shape index (κ3) is 4.96. The van der Waals surface area contributed by atoms with Gasteiger partial charge in [-0.3, -0.25) is 0 Å². The van der Waals surface area contributed by atoms with Crippen molar-refractivity contribution in [3.05, 3.63) is 35.9 Å². The molecule has 0 aliphatic heterocycles. The minimum Gasteiger partial charge on any atom is -0.329 e. The predicted octanol–water partition coefficient (Wildman–Crippen LogP) is 1.90. The monoisotopic (exact) mass is 206 g/mol. The van der Waals surface area contributed by atoms with Crippen molar-refractivity contribution in [2.75, 3.05) is 26.2 Å². The molecule has 0 saturated heterocycles. The molecule has 15 heavy (non-hydrogen) atoms. The summed E-state index contributed by atoms with van der Waals surface area (Å²) < 4.78 is 0. The number of benzene rings is 1. The van der Waals surface area contributed by atoms with Gasteiger partial charge in [0, 0.05) is 13.1 Å². The van der Waals surface area contributed by atoms with Crippen LogP contribution in [0, 0.1) is 0 Å². The average Bonchev–Trinajstić information content (AvgIpc) is 2.29. The minimum absolute atomic E-state index is 0.763. The first kappa shape index (κ1) is 12.2. The molecule has 0 radical (unpaired) electrons. The molecule has 0 bridgehead atoms. The van der Waals surface area contributed by atoms with E-state index in [2.05, 4.69) is 42.2 Å². The van der Waals surface area contributed by atoms with Crippen LogP contribution in [-0.2, 0) is 6.42 Å². The standard InChI is InChI=1S/C13H22N2/c1-2-15(12-10-14)11-6-9-13-7-4-3-5-8-13/h3-5,7-8H,2,6,9-12,14H2,1H3. The lowest BCUT2D eigenvalue weighted by molar-refractivity contribution is 0.292. The van der Waals surface area contributed by atoms with E-state index in [9.17, 15) is 0 Å². The van der Waals surface area contributed by atoms with Gasteiger partial charge in [-0.1, -0.05) is 37.3 Å². The quantitative estimate of drug-likeness (QED) is 0.738. The number of aryl methyl sites for hydroxylation is 1. The highest BCUT2D eigenvalue weighted by molar-refractivity contribution is 5.14. The molecule has 0 aliphatic carbocycles. The van der Waals surface area contributed by atoms with E-state index < -0.39 is 0 Å². The summed E-state index contributed by atoms with van der Waals surface area (Å²) in [6.45, 7) is 6.23. The summed E-state index contributed by atoms with van der Waals surface area (Å²) in [6, 6.07) is 10.7. The molecule has 2 heteroatoms. The molecular weight excluding hydrogens is 184 g/mol. The third-order valence-electron chi connectivity index (χ3n) is 2.68. The summed E-state index contributed by atoms with van der Waals surface area (Å²) in [6.07, 6.45) is 2.39. The van der Waals surface area contributed by atoms with Crippen molar-refractivity contribution in [1.82, 2.24) is 4.90 Å². The van der Waals surface area contributed by atoms with Crippen LogP contribution < -0.4 is 5.73 Å². The molecule has 0 fully saturated rings. The summed E-state index contributed by atoms with van der Waals surface area (Å²) >= 11 is 0. The van der Waals surface area contributed by atoms with E-state index in [0.717, 1.165) is 26.2 Å². The summed E-state index contributed by atoms with van der Waals surface area (Å²) in [7, 11) is 0. The third-order valence-corrected chi connectivity index (χ3v) is 2.68. The Labute approximate surface area is 93.1 Å². The molecule has 0 unspecified atom stereocenters. The van der Waals surface area contributed by atoms with Crippen molar-refractivity contribution in [2.24, 2.45) is 5.73 Å². The van der Waals surface area contributed by atoms with Crippen LogP contribution in [0.1, 0.15) is 18.9 Å². The second-order valence-corrected chi connectivity index (χ2v) is 3.81. The van der Waals surface area contributed by atoms with Crippen LogP contribution in [-0.4, -0.2) is 31.1 Å². The topological polar surface area (TPSA) is 29.3 Å². The van der Waals surface area contributed by atoms with Crippen LogP contribution >= 0.6 is 0 Å². The molecule has 0 atom stereocenters. The Balaban J connectivity index is 2.20. The molecule has 84 valence electrons. The first-order valence-electron chi connectivity index (χ1n) is 5.83. The van der Waals surface area contributed by atoms with Crippen molar-refractivity contribution in [2.45, 2.75) is 19.8 Å². The lowest BCUT2D eigenvalue weighted by atomic mass is 10.1. The fourth-order valence-electron chi connectivity index (χ4n) is 1.76. The van der Waals surface area contributed by atoms with Crippen LogP contribution in [0.15, 0.2) is 30.3 Å². The van der Waals surface area contributed by atoms with Gasteiger partial charge < -0.3 is 10.6 Å². The molecule has 2 N–H and O–H groups in total. The van der Waals surface area contributed by atoms with Gasteiger partial charge in [0.25, 0.3) is 0 Å². The van der Waals surface area contributed by atoms with E-state index in [1.165, 1.54) is 18.4 Å². The summed E-state index contributed by atoms with van der Waals surface area (Å²) in [5.41, 5.74) is 6.98. The van der Waals surface area contributed by atoms with Crippen molar-refractivity contribution in [3.8, 4) is 0 Å². The zero-order valence-electron chi connectivity index (χ0n) is 9.65. The Morgan fingerprint density at radius 3 is 2.47 bits per heavy atom. The Bertz CT molecular complexity index is 246. The highest BCUT2D eigenvalue weighted by atomic mass is 15.1. The van der Waals surface area contributed by atoms with Crippen LogP contribution in [0.4, 0.5) is 0 Å². The summed E-state index contributed by atoms with van der Waals surface area (Å²) in [5, 5.41) is 0. The van der Waals surface area contributed by atoms with Gasteiger partial charge >= 0.3 is 0 Å². The minimum atomic E-state index is 0.763. The Kier molecular flexibility index (Phi) is 6.05. The van der Waals surface area contributed by atoms with Crippen LogP contribution in [0.2, 0.25) is 0 Å². The number of hydrogen-bond donors (Lipinski definition) is 1. The number of likely N-dealkylation sites (N-methyl/N-ethyl adjacent to an activating group) is 1. The van der Waals surface area contributed by atoms with E-state index >= 15 is 0 Å². The van der Waals surface area contributed by atoms with Crippen LogP contribution in [0.25, 0.3) is 0 Å². The predicted molar refractivity (Wildman–Crippen MR) is 65.9 cm³/mol. The van der Waals surface area contributed by atoms with Gasteiger partial charge in [0.15, 0.2) is 0 Å². The highest BCUT2D eigenvalue weighted by Crippen LogP contribution is 2.03. The molecular formula is C13H22N2. The second-order valence-electron chi connectivity index (χ2n) is 3.81. The van der Waals surface area contributed by atoms with Crippen molar-refractivity contribution >= 4 is 0 Å². The lowest BCUT2D eigenvalue weighted by Gasteiger charge is -2.18. The maximum atomic E-state index is 5.55. The van der Waals surface area contributed by atoms with Crippen LogP contribution in [0.3, 0.4) is 0 Å². The number of hydrogen-bond acceptors (Lipinski definition) is 2. The molecule has 1 rings (SSSR count). The van der Waals surface area contributed by atoms with Crippen molar-refractivity contribution in [3.63, 3.8) is 0 Å². The maximum Gasteiger partial charge on any atom is 0.0104 e. The molecule has 0 aromatic heterocycles. The number of nitrogens with two attached hydrogens (primary N) is 1. The van der Waals surface area contributed by atoms with E-state index in [-0.39, 0.29) is 0 Å². The van der Waals surface area contributed by atoms with Gasteiger partial charge in [0.05, 0.1) is 0 Å². The highest BCUT2D eigenvalue weighted by Gasteiger charge is 2.00. The Morgan fingerprint density at radius 1 is 1.13 bits per heavy atom. The molecule has 1 aromatic rings. The van der Waals surface area contributed by atoms with Gasteiger partial charge in [0.2, 0.25) is 0 Å². The normalized spacial score (nSPS) is 10.9. The van der Waals surface area contributed by atoms with Gasteiger partial charge in [-0.2, -0.15) is 0 Å². The zero-order valence-corrected chi connectivity index (χ0v) is 9.65. The first-order valence-corrected chi connectivity index (χ1v) is 5.83. The Hall–Kier alpha value is -0.860. The summed E-state index contributed by atoms with van der Waals surface area (Å²) in [4.78, 5) is 2.41. The van der Waals surface area contributed by atoms with Gasteiger partial charge in [-0.25, -0.2) is 0 Å². The SMILES string of the molecule is CCN(CCN)CCCc1ccccc1. The van der Waals surface area contributed by atoms with Gasteiger partial charge in [-0.05, 0) is 31.5 Å². The lowest BCUT2D eigenvalue weighted by Crippen LogP contribution is -2.30. The van der Waals surface area contributed by atoms with Crippen LogP contribution in [0.5, 0.6) is 0 Å². The van der Waals surface area contributed by atoms with E-state index in [1.54, 1.807) is 0 Å². The number of rotatable bonds is 7. The molecule has 0 spiro atoms. The van der Waals surface area contributed by atoms with Crippen molar-refractivity contribution in [1.29, 1.82) is 0 Å². The van der Waals surface area contributed by atoms with E-state index in [1.807, 2.05) is 0 Å². The smallest absolute Gasteiger partial charge is 0.0104 e. The molecule has 0 amide bonds. The van der Waals surface area contributed by atoms with Gasteiger partial charge in [-0.15, -0.1) is 0 Å². The maximum absolute atomic E-state index is 5.55. The van der Waals surface area contributed by atoms with E-state index in [0.29, 0.717) is 0 Å². The van der Waals surface area contributed by atoms with E-state index in [4.69, 9.17) is 5.73 Å². The van der Waals surface area contributed by atoms with Crippen molar-refractivity contribution < 1.29 is 0 Å². The Morgan fingerprint density at radius 2 is 1.87 bits per heavy atom. The fourth-order valence-corrected chi connectivity index (χ4v) is 1.76. The summed E-state index contributed by atoms with van der Waals surface area (Å²) in [5.74, 6) is 0. The first-order chi connectivity index (χ1) is 7.36. The molecule has 2 nitrogen and oxygen atoms in total. The molecule has 0 heterocycles. The second kappa shape index (κ2) is 7.43. The van der Waals surface area contributed by atoms with Gasteiger partial charge in [0.1, 0.15) is 0 Å². The zero-order chi connectivity index (χ0) is 10.9. The largest absolute Gasteiger partial charge is 0.329 e. The molecule has 1 aromatic carbocycles. The molecule has 0 aliphatic rings. The number of nitrogens with zero attached hydrogens (tertiary/aromatic N) is 1.